The van der Waals surface area contributed by atoms with E-state index in [0.29, 0.717) is 29.3 Å². The highest BCUT2D eigenvalue weighted by Gasteiger charge is 2.20. The lowest BCUT2D eigenvalue weighted by Crippen LogP contribution is -2.44. The molecule has 1 fully saturated rings. The Morgan fingerprint density at radius 1 is 1.29 bits per heavy atom. The fourth-order valence-electron chi connectivity index (χ4n) is 3.36. The second kappa shape index (κ2) is 7.83. The van der Waals surface area contributed by atoms with Crippen LogP contribution in [-0.2, 0) is 6.54 Å². The summed E-state index contributed by atoms with van der Waals surface area (Å²) in [6, 6.07) is 5.56. The van der Waals surface area contributed by atoms with Crippen LogP contribution >= 0.6 is 11.6 Å². The Bertz CT molecular complexity index is 1080. The van der Waals surface area contributed by atoms with Gasteiger partial charge in [-0.15, -0.1) is 0 Å². The number of nitrogens with one attached hydrogen (secondary N) is 1. The summed E-state index contributed by atoms with van der Waals surface area (Å²) in [7, 11) is 1.49. The Balaban J connectivity index is 1.94. The fraction of sp³-hybridized carbons (Fsp3) is 0.316. The molecule has 3 heterocycles. The predicted molar refractivity (Wildman–Crippen MR) is 105 cm³/mol. The molecule has 3 aromatic rings. The highest BCUT2D eigenvalue weighted by molar-refractivity contribution is 6.29. The predicted octanol–water partition coefficient (Wildman–Crippen LogP) is 1.99. The van der Waals surface area contributed by atoms with E-state index < -0.39 is 5.82 Å². The molecule has 1 aliphatic heterocycles. The van der Waals surface area contributed by atoms with Gasteiger partial charge in [-0.25, -0.2) is 14.4 Å². The smallest absolute Gasteiger partial charge is 0.266 e. The van der Waals surface area contributed by atoms with Crippen LogP contribution < -0.4 is 15.6 Å². The molecular weight excluding hydrogens is 385 g/mol. The van der Waals surface area contributed by atoms with Crippen molar-refractivity contribution in [3.63, 3.8) is 0 Å². The SMILES string of the molecule is COc1cc(Cl)ncc1-n1c(CN2CCNCC2)nc2ccc(F)cc2c1=O. The van der Waals surface area contributed by atoms with E-state index in [-0.39, 0.29) is 16.1 Å². The number of methoxy groups -OCH3 is 1. The molecule has 1 aliphatic rings. The van der Waals surface area contributed by atoms with Crippen LogP contribution in [-0.4, -0.2) is 52.7 Å². The fourth-order valence-corrected chi connectivity index (χ4v) is 3.51. The van der Waals surface area contributed by atoms with E-state index in [4.69, 9.17) is 16.3 Å². The van der Waals surface area contributed by atoms with Gasteiger partial charge in [-0.3, -0.25) is 14.3 Å². The number of benzene rings is 1. The Morgan fingerprint density at radius 3 is 2.82 bits per heavy atom. The zero-order valence-electron chi connectivity index (χ0n) is 15.3. The van der Waals surface area contributed by atoms with Crippen molar-refractivity contribution in [3.05, 3.63) is 57.6 Å². The highest BCUT2D eigenvalue weighted by atomic mass is 35.5. The quantitative estimate of drug-likeness (QED) is 0.672. The number of halogens is 2. The van der Waals surface area contributed by atoms with Gasteiger partial charge in [-0.05, 0) is 18.2 Å². The van der Waals surface area contributed by atoms with Gasteiger partial charge in [0.1, 0.15) is 28.2 Å². The summed E-state index contributed by atoms with van der Waals surface area (Å²) in [6.07, 6.45) is 1.47. The average molecular weight is 404 g/mol. The number of hydrogen-bond donors (Lipinski definition) is 1. The van der Waals surface area contributed by atoms with Gasteiger partial charge in [0.2, 0.25) is 0 Å². The van der Waals surface area contributed by atoms with E-state index in [1.54, 1.807) is 0 Å². The van der Waals surface area contributed by atoms with Crippen molar-refractivity contribution in [1.29, 1.82) is 0 Å². The van der Waals surface area contributed by atoms with Crippen molar-refractivity contribution < 1.29 is 9.13 Å². The third-order valence-electron chi connectivity index (χ3n) is 4.75. The third-order valence-corrected chi connectivity index (χ3v) is 4.95. The minimum Gasteiger partial charge on any atom is -0.494 e. The van der Waals surface area contributed by atoms with E-state index in [1.165, 1.54) is 42.1 Å². The second-order valence-electron chi connectivity index (χ2n) is 6.54. The molecule has 0 unspecified atom stereocenters. The molecule has 9 heteroatoms. The zero-order chi connectivity index (χ0) is 19.7. The second-order valence-corrected chi connectivity index (χ2v) is 6.92. The van der Waals surface area contributed by atoms with Crippen molar-refractivity contribution in [2.24, 2.45) is 0 Å². The average Bonchev–Trinajstić information content (AvgIpc) is 2.70. The Kier molecular flexibility index (Phi) is 5.25. The molecule has 0 amide bonds. The molecule has 4 rings (SSSR count). The molecule has 7 nitrogen and oxygen atoms in total. The standard InChI is InChI=1S/C19H19ClFN5O2/c1-28-16-9-17(20)23-10-15(16)26-18(11-25-6-4-22-5-7-25)24-14-3-2-12(21)8-13(14)19(26)27/h2-3,8-10,22H,4-7,11H2,1H3. The number of ether oxygens (including phenoxy) is 1. The third kappa shape index (κ3) is 3.58. The molecule has 0 atom stereocenters. The molecule has 0 spiro atoms. The number of piperazine rings is 1. The van der Waals surface area contributed by atoms with E-state index in [9.17, 15) is 9.18 Å². The summed E-state index contributed by atoms with van der Waals surface area (Å²) in [5.41, 5.74) is 0.492. The van der Waals surface area contributed by atoms with Crippen LogP contribution in [0.3, 0.4) is 0 Å². The Hall–Kier alpha value is -2.55. The van der Waals surface area contributed by atoms with Gasteiger partial charge < -0.3 is 10.1 Å². The van der Waals surface area contributed by atoms with Gasteiger partial charge >= 0.3 is 0 Å². The van der Waals surface area contributed by atoms with Gasteiger partial charge in [0.25, 0.3) is 5.56 Å². The monoisotopic (exact) mass is 403 g/mol. The van der Waals surface area contributed by atoms with Crippen LogP contribution in [0.25, 0.3) is 16.6 Å². The summed E-state index contributed by atoms with van der Waals surface area (Å²) in [4.78, 5) is 24.3. The topological polar surface area (TPSA) is 72.3 Å². The van der Waals surface area contributed by atoms with Crippen molar-refractivity contribution in [2.75, 3.05) is 33.3 Å². The minimum absolute atomic E-state index is 0.195. The number of rotatable bonds is 4. The van der Waals surface area contributed by atoms with Gasteiger partial charge in [-0.2, -0.15) is 0 Å². The van der Waals surface area contributed by atoms with Crippen LogP contribution in [0.4, 0.5) is 4.39 Å². The summed E-state index contributed by atoms with van der Waals surface area (Å²) in [5, 5.41) is 3.74. The summed E-state index contributed by atoms with van der Waals surface area (Å²) < 4.78 is 20.6. The molecule has 1 aromatic carbocycles. The van der Waals surface area contributed by atoms with Crippen LogP contribution in [0, 0.1) is 5.82 Å². The molecule has 0 bridgehead atoms. The van der Waals surface area contributed by atoms with E-state index in [0.717, 1.165) is 26.2 Å². The summed E-state index contributed by atoms with van der Waals surface area (Å²) in [6.45, 7) is 3.89. The lowest BCUT2D eigenvalue weighted by atomic mass is 10.2. The van der Waals surface area contributed by atoms with Gasteiger partial charge in [0.15, 0.2) is 0 Å². The van der Waals surface area contributed by atoms with E-state index >= 15 is 0 Å². The maximum absolute atomic E-state index is 13.8. The van der Waals surface area contributed by atoms with Crippen molar-refractivity contribution in [1.82, 2.24) is 24.8 Å². The number of pyridine rings is 1. The molecule has 146 valence electrons. The van der Waals surface area contributed by atoms with Crippen LogP contribution in [0.1, 0.15) is 5.82 Å². The number of fused-ring (bicyclic) bond motifs is 1. The van der Waals surface area contributed by atoms with E-state index in [1.807, 2.05) is 0 Å². The molecular formula is C19H19ClFN5O2. The maximum Gasteiger partial charge on any atom is 0.266 e. The molecule has 0 aliphatic carbocycles. The molecule has 0 radical (unpaired) electrons. The number of aromatic nitrogens is 3. The first kappa shape index (κ1) is 18.8. The van der Waals surface area contributed by atoms with Crippen LogP contribution in [0.15, 0.2) is 35.3 Å². The largest absolute Gasteiger partial charge is 0.494 e. The lowest BCUT2D eigenvalue weighted by molar-refractivity contribution is 0.226. The molecule has 0 saturated carbocycles. The first-order valence-electron chi connectivity index (χ1n) is 8.91. The molecule has 1 saturated heterocycles. The summed E-state index contributed by atoms with van der Waals surface area (Å²) in [5.74, 6) is 0.434. The van der Waals surface area contributed by atoms with Crippen LogP contribution in [0.2, 0.25) is 5.15 Å². The number of nitrogens with zero attached hydrogens (tertiary/aromatic N) is 4. The maximum atomic E-state index is 13.8. The summed E-state index contributed by atoms with van der Waals surface area (Å²) >= 11 is 5.98. The molecule has 1 N–H and O–H groups in total. The highest BCUT2D eigenvalue weighted by Crippen LogP contribution is 2.25. The van der Waals surface area contributed by atoms with E-state index in [2.05, 4.69) is 20.2 Å². The Morgan fingerprint density at radius 2 is 2.07 bits per heavy atom. The zero-order valence-corrected chi connectivity index (χ0v) is 16.0. The lowest BCUT2D eigenvalue weighted by Gasteiger charge is -2.28. The van der Waals surface area contributed by atoms with Crippen molar-refractivity contribution in [2.45, 2.75) is 6.54 Å². The van der Waals surface area contributed by atoms with Gasteiger partial charge in [0.05, 0.1) is 30.8 Å². The van der Waals surface area contributed by atoms with Gasteiger partial charge in [-0.1, -0.05) is 11.6 Å². The van der Waals surface area contributed by atoms with Crippen molar-refractivity contribution >= 4 is 22.5 Å². The normalized spacial score (nSPS) is 15.1. The first-order chi connectivity index (χ1) is 13.6. The van der Waals surface area contributed by atoms with Crippen LogP contribution in [0.5, 0.6) is 5.75 Å². The number of hydrogen-bond acceptors (Lipinski definition) is 6. The Labute approximate surface area is 165 Å². The molecule has 28 heavy (non-hydrogen) atoms. The minimum atomic E-state index is -0.492. The van der Waals surface area contributed by atoms with Crippen molar-refractivity contribution in [3.8, 4) is 11.4 Å². The molecule has 2 aromatic heterocycles. The first-order valence-corrected chi connectivity index (χ1v) is 9.29. The van der Waals surface area contributed by atoms with Gasteiger partial charge in [0, 0.05) is 32.2 Å².